The van der Waals surface area contributed by atoms with Crippen molar-refractivity contribution in [3.63, 3.8) is 0 Å². The smallest absolute Gasteiger partial charge is 0.319 e. The molecule has 0 N–H and O–H groups in total. The van der Waals surface area contributed by atoms with Crippen molar-refractivity contribution in [1.29, 1.82) is 0 Å². The highest BCUT2D eigenvalue weighted by molar-refractivity contribution is 8.00. The van der Waals surface area contributed by atoms with Crippen LogP contribution in [0.15, 0.2) is 53.7 Å². The second-order valence-electron chi connectivity index (χ2n) is 5.69. The van der Waals surface area contributed by atoms with Crippen LogP contribution in [0.3, 0.4) is 0 Å². The topological polar surface area (TPSA) is 57.0 Å². The van der Waals surface area contributed by atoms with E-state index in [1.165, 1.54) is 36.0 Å². The molecule has 0 bridgehead atoms. The lowest BCUT2D eigenvalue weighted by Crippen LogP contribution is -2.11. The third kappa shape index (κ3) is 3.20. The van der Waals surface area contributed by atoms with Crippen LogP contribution >= 0.6 is 11.8 Å². The van der Waals surface area contributed by atoms with Crippen molar-refractivity contribution in [1.82, 2.24) is 14.8 Å². The molecular weight excluding hydrogens is 360 g/mol. The van der Waals surface area contributed by atoms with Gasteiger partial charge in [0.15, 0.2) is 11.0 Å². The third-order valence-electron chi connectivity index (χ3n) is 3.96. The predicted molar refractivity (Wildman–Crippen MR) is 91.9 cm³/mol. The number of hydrogen-bond acceptors (Lipinski definition) is 5. The summed E-state index contributed by atoms with van der Waals surface area (Å²) in [5.41, 5.74) is 1.30. The molecule has 1 atom stereocenters. The summed E-state index contributed by atoms with van der Waals surface area (Å²) in [7, 11) is 0. The number of nitrogens with zero attached hydrogens (tertiary/aromatic N) is 3. The van der Waals surface area contributed by atoms with Gasteiger partial charge in [0, 0.05) is 17.7 Å². The zero-order valence-corrected chi connectivity index (χ0v) is 14.2. The van der Waals surface area contributed by atoms with Gasteiger partial charge in [0.2, 0.25) is 0 Å². The number of esters is 1. The average Bonchev–Trinajstić information content (AvgIpc) is 3.24. The molecule has 1 aliphatic heterocycles. The van der Waals surface area contributed by atoms with Crippen molar-refractivity contribution in [2.24, 2.45) is 0 Å². The van der Waals surface area contributed by atoms with Crippen LogP contribution in [-0.4, -0.2) is 32.6 Å². The van der Waals surface area contributed by atoms with Gasteiger partial charge < -0.3 is 4.74 Å². The summed E-state index contributed by atoms with van der Waals surface area (Å²) >= 11 is 1.25. The Kier molecular flexibility index (Phi) is 4.42. The first-order chi connectivity index (χ1) is 12.6. The zero-order chi connectivity index (χ0) is 18.1. The van der Waals surface area contributed by atoms with Crippen LogP contribution in [0.4, 0.5) is 8.78 Å². The number of aromatic nitrogens is 3. The Bertz CT molecular complexity index is 942. The highest BCUT2D eigenvalue weighted by Crippen LogP contribution is 2.33. The van der Waals surface area contributed by atoms with Crippen molar-refractivity contribution < 1.29 is 18.3 Å². The van der Waals surface area contributed by atoms with Crippen LogP contribution in [-0.2, 0) is 9.53 Å². The molecule has 132 valence electrons. The molecule has 0 radical (unpaired) electrons. The average molecular weight is 373 g/mol. The molecular formula is C18H13F2N3O2S. The minimum Gasteiger partial charge on any atom is -0.465 e. The lowest BCUT2D eigenvalue weighted by atomic mass is 10.2. The van der Waals surface area contributed by atoms with E-state index in [0.717, 1.165) is 0 Å². The molecule has 5 nitrogen and oxygen atoms in total. The van der Waals surface area contributed by atoms with Gasteiger partial charge in [0.05, 0.1) is 6.61 Å². The lowest BCUT2D eigenvalue weighted by molar-refractivity contribution is -0.137. The highest BCUT2D eigenvalue weighted by Gasteiger charge is 2.30. The second kappa shape index (κ2) is 6.87. The van der Waals surface area contributed by atoms with Gasteiger partial charge in [-0.3, -0.25) is 9.36 Å². The maximum absolute atomic E-state index is 13.3. The molecule has 2 heterocycles. The van der Waals surface area contributed by atoms with Gasteiger partial charge in [0.25, 0.3) is 0 Å². The van der Waals surface area contributed by atoms with Crippen molar-refractivity contribution in [2.45, 2.75) is 16.8 Å². The van der Waals surface area contributed by atoms with Gasteiger partial charge in [-0.1, -0.05) is 11.8 Å². The van der Waals surface area contributed by atoms with E-state index in [0.29, 0.717) is 35.3 Å². The number of thioether (sulfide) groups is 1. The molecule has 1 unspecified atom stereocenters. The van der Waals surface area contributed by atoms with Crippen LogP contribution in [0, 0.1) is 11.6 Å². The molecule has 1 saturated heterocycles. The molecule has 0 saturated carbocycles. The van der Waals surface area contributed by atoms with Gasteiger partial charge in [-0.15, -0.1) is 10.2 Å². The van der Waals surface area contributed by atoms with Gasteiger partial charge in [-0.05, 0) is 48.5 Å². The zero-order valence-electron chi connectivity index (χ0n) is 13.4. The molecule has 3 aromatic rings. The largest absolute Gasteiger partial charge is 0.465 e. The van der Waals surface area contributed by atoms with Crippen molar-refractivity contribution in [3.8, 4) is 17.1 Å². The summed E-state index contributed by atoms with van der Waals surface area (Å²) < 4.78 is 33.3. The van der Waals surface area contributed by atoms with E-state index in [9.17, 15) is 13.6 Å². The van der Waals surface area contributed by atoms with E-state index in [1.54, 1.807) is 28.8 Å². The molecule has 1 aromatic heterocycles. The molecule has 2 aromatic carbocycles. The Hall–Kier alpha value is -2.74. The van der Waals surface area contributed by atoms with Crippen LogP contribution in [0.1, 0.15) is 6.42 Å². The standard InChI is InChI=1S/C18H13F2N3O2S/c19-12-3-1-11(2-4-12)16-21-22-18(26-15-9-10-25-17(15)24)23(16)14-7-5-13(20)6-8-14/h1-8,15H,9-10H2. The molecule has 0 aliphatic carbocycles. The van der Waals surface area contributed by atoms with E-state index >= 15 is 0 Å². The Labute approximate surface area is 152 Å². The molecule has 1 fully saturated rings. The number of carbonyl (C=O) groups is 1. The number of rotatable bonds is 4. The van der Waals surface area contributed by atoms with E-state index in [-0.39, 0.29) is 22.9 Å². The number of ether oxygens (including phenoxy) is 1. The fourth-order valence-electron chi connectivity index (χ4n) is 2.67. The first-order valence-electron chi connectivity index (χ1n) is 7.92. The second-order valence-corrected chi connectivity index (χ2v) is 6.86. The molecule has 26 heavy (non-hydrogen) atoms. The number of carbonyl (C=O) groups excluding carboxylic acids is 1. The van der Waals surface area contributed by atoms with Crippen LogP contribution < -0.4 is 0 Å². The number of benzene rings is 2. The van der Waals surface area contributed by atoms with Crippen molar-refractivity contribution in [2.75, 3.05) is 6.61 Å². The highest BCUT2D eigenvalue weighted by atomic mass is 32.2. The van der Waals surface area contributed by atoms with Crippen molar-refractivity contribution >= 4 is 17.7 Å². The molecule has 1 aliphatic rings. The van der Waals surface area contributed by atoms with E-state index in [2.05, 4.69) is 10.2 Å². The molecule has 8 heteroatoms. The van der Waals surface area contributed by atoms with Crippen LogP contribution in [0.25, 0.3) is 17.1 Å². The lowest BCUT2D eigenvalue weighted by Gasteiger charge is -2.11. The van der Waals surface area contributed by atoms with E-state index in [4.69, 9.17) is 4.74 Å². The number of hydrogen-bond donors (Lipinski definition) is 0. The minimum atomic E-state index is -0.362. The summed E-state index contributed by atoms with van der Waals surface area (Å²) in [5.74, 6) is -0.527. The maximum atomic E-state index is 13.3. The summed E-state index contributed by atoms with van der Waals surface area (Å²) in [4.78, 5) is 11.8. The number of halogens is 2. The van der Waals surface area contributed by atoms with Crippen molar-refractivity contribution in [3.05, 3.63) is 60.2 Å². The first-order valence-corrected chi connectivity index (χ1v) is 8.80. The quantitative estimate of drug-likeness (QED) is 0.654. The van der Waals surface area contributed by atoms with Gasteiger partial charge in [-0.25, -0.2) is 8.78 Å². The monoisotopic (exact) mass is 373 g/mol. The Balaban J connectivity index is 1.80. The van der Waals surface area contributed by atoms with Gasteiger partial charge in [0.1, 0.15) is 16.9 Å². The van der Waals surface area contributed by atoms with E-state index in [1.807, 2.05) is 0 Å². The van der Waals surface area contributed by atoms with Gasteiger partial charge >= 0.3 is 5.97 Å². The number of cyclic esters (lactones) is 1. The fraction of sp³-hybridized carbons (Fsp3) is 0.167. The fourth-order valence-corrected chi connectivity index (χ4v) is 3.68. The summed E-state index contributed by atoms with van der Waals surface area (Å²) in [6.45, 7) is 0.381. The normalized spacial score (nSPS) is 16.7. The summed E-state index contributed by atoms with van der Waals surface area (Å²) in [6.07, 6.45) is 0.589. The summed E-state index contributed by atoms with van der Waals surface area (Å²) in [5, 5.41) is 8.52. The molecule has 0 amide bonds. The Morgan fingerprint density at radius 3 is 2.27 bits per heavy atom. The third-order valence-corrected chi connectivity index (χ3v) is 5.14. The Morgan fingerprint density at radius 1 is 1.00 bits per heavy atom. The first kappa shape index (κ1) is 16.7. The van der Waals surface area contributed by atoms with Gasteiger partial charge in [-0.2, -0.15) is 0 Å². The minimum absolute atomic E-state index is 0.285. The Morgan fingerprint density at radius 2 is 1.65 bits per heavy atom. The molecule has 4 rings (SSSR count). The summed E-state index contributed by atoms with van der Waals surface area (Å²) in [6, 6.07) is 11.7. The predicted octanol–water partition coefficient (Wildman–Crippen LogP) is 3.62. The SMILES string of the molecule is O=C1OCCC1Sc1nnc(-c2ccc(F)cc2)n1-c1ccc(F)cc1. The van der Waals surface area contributed by atoms with E-state index < -0.39 is 0 Å². The molecule has 0 spiro atoms. The van der Waals surface area contributed by atoms with Crippen LogP contribution in [0.5, 0.6) is 0 Å². The van der Waals surface area contributed by atoms with Crippen LogP contribution in [0.2, 0.25) is 0 Å². The maximum Gasteiger partial charge on any atom is 0.319 e.